The van der Waals surface area contributed by atoms with E-state index in [4.69, 9.17) is 0 Å². The van der Waals surface area contributed by atoms with Gasteiger partial charge in [0.2, 0.25) is 0 Å². The van der Waals surface area contributed by atoms with Crippen molar-refractivity contribution in [2.45, 2.75) is 32.6 Å². The molecule has 166 valence electrons. The molecule has 0 radical (unpaired) electrons. The van der Waals surface area contributed by atoms with Crippen LogP contribution in [-0.2, 0) is 19.3 Å². The lowest BCUT2D eigenvalue weighted by molar-refractivity contribution is 0.517. The van der Waals surface area contributed by atoms with Crippen molar-refractivity contribution in [3.8, 4) is 11.8 Å². The standard InChI is InChI=1S/C28H21F4N/c1-2-3-19-4-9-22(33-17-19)10-5-20-15-26(30)24(27(31)16-20)12-7-18-6-11-23-21(14-18)8-13-25(29)28(23)32/h4,6,8-9,11,13-17H,2-3,5,10H2,1H3. The lowest BCUT2D eigenvalue weighted by Crippen LogP contribution is -1.99. The van der Waals surface area contributed by atoms with Crippen LogP contribution in [0.5, 0.6) is 0 Å². The Kier molecular flexibility index (Phi) is 6.74. The van der Waals surface area contributed by atoms with Gasteiger partial charge in [0.25, 0.3) is 0 Å². The first-order valence-electron chi connectivity index (χ1n) is 10.8. The van der Waals surface area contributed by atoms with Gasteiger partial charge >= 0.3 is 0 Å². The molecule has 0 atom stereocenters. The quantitative estimate of drug-likeness (QED) is 0.239. The van der Waals surface area contributed by atoms with Crippen molar-refractivity contribution < 1.29 is 17.6 Å². The van der Waals surface area contributed by atoms with Gasteiger partial charge in [-0.1, -0.05) is 43.4 Å². The second-order valence-electron chi connectivity index (χ2n) is 7.89. The van der Waals surface area contributed by atoms with E-state index in [1.807, 2.05) is 18.3 Å². The fourth-order valence-electron chi connectivity index (χ4n) is 3.68. The van der Waals surface area contributed by atoms with E-state index in [2.05, 4.69) is 23.7 Å². The van der Waals surface area contributed by atoms with Crippen LogP contribution in [-0.4, -0.2) is 4.98 Å². The summed E-state index contributed by atoms with van der Waals surface area (Å²) in [7, 11) is 0. The Morgan fingerprint density at radius 1 is 0.727 bits per heavy atom. The van der Waals surface area contributed by atoms with Gasteiger partial charge in [0, 0.05) is 22.8 Å². The molecule has 5 heteroatoms. The van der Waals surface area contributed by atoms with Crippen molar-refractivity contribution in [3.63, 3.8) is 0 Å². The van der Waals surface area contributed by atoms with Crippen LogP contribution < -0.4 is 0 Å². The van der Waals surface area contributed by atoms with Crippen LogP contribution in [0, 0.1) is 35.1 Å². The van der Waals surface area contributed by atoms with Crippen molar-refractivity contribution in [2.24, 2.45) is 0 Å². The second-order valence-corrected chi connectivity index (χ2v) is 7.89. The number of hydrogen-bond donors (Lipinski definition) is 0. The van der Waals surface area contributed by atoms with E-state index in [1.54, 1.807) is 6.07 Å². The largest absolute Gasteiger partial charge is 0.261 e. The highest BCUT2D eigenvalue weighted by atomic mass is 19.2. The second kappa shape index (κ2) is 9.87. The van der Waals surface area contributed by atoms with Gasteiger partial charge < -0.3 is 0 Å². The molecule has 1 nitrogen and oxygen atoms in total. The van der Waals surface area contributed by atoms with Crippen molar-refractivity contribution >= 4 is 10.8 Å². The normalized spacial score (nSPS) is 10.8. The summed E-state index contributed by atoms with van der Waals surface area (Å²) in [6.07, 6.45) is 4.89. The third-order valence-electron chi connectivity index (χ3n) is 5.44. The van der Waals surface area contributed by atoms with E-state index in [9.17, 15) is 17.6 Å². The van der Waals surface area contributed by atoms with E-state index in [-0.39, 0.29) is 10.9 Å². The molecule has 3 aromatic carbocycles. The van der Waals surface area contributed by atoms with Gasteiger partial charge in [-0.25, -0.2) is 17.6 Å². The van der Waals surface area contributed by atoms with Crippen LogP contribution in [0.1, 0.15) is 41.3 Å². The molecular formula is C28H21F4N. The summed E-state index contributed by atoms with van der Waals surface area (Å²) in [5.41, 5.74) is 2.68. The predicted molar refractivity (Wildman–Crippen MR) is 122 cm³/mol. The predicted octanol–water partition coefficient (Wildman–Crippen LogP) is 6.93. The Labute approximate surface area is 190 Å². The highest BCUT2D eigenvalue weighted by molar-refractivity contribution is 5.84. The minimum Gasteiger partial charge on any atom is -0.261 e. The number of hydrogen-bond acceptors (Lipinski definition) is 1. The summed E-state index contributed by atoms with van der Waals surface area (Å²) in [5.74, 6) is 1.88. The maximum atomic E-state index is 14.6. The smallest absolute Gasteiger partial charge is 0.166 e. The Morgan fingerprint density at radius 3 is 2.21 bits per heavy atom. The lowest BCUT2D eigenvalue weighted by atomic mass is 10.0. The third kappa shape index (κ3) is 5.23. The van der Waals surface area contributed by atoms with Crippen molar-refractivity contribution in [3.05, 3.63) is 112 Å². The molecule has 0 spiro atoms. The Balaban J connectivity index is 1.50. The number of fused-ring (bicyclic) bond motifs is 1. The Bertz CT molecular complexity index is 1340. The summed E-state index contributed by atoms with van der Waals surface area (Å²) in [6, 6.07) is 13.5. The molecule has 0 aliphatic heterocycles. The number of aryl methyl sites for hydroxylation is 3. The molecular weight excluding hydrogens is 426 g/mol. The van der Waals surface area contributed by atoms with Crippen LogP contribution >= 0.6 is 0 Å². The molecule has 1 aromatic heterocycles. The summed E-state index contributed by atoms with van der Waals surface area (Å²) < 4.78 is 56.3. The zero-order chi connectivity index (χ0) is 23.4. The molecule has 1 heterocycles. The zero-order valence-electron chi connectivity index (χ0n) is 18.1. The van der Waals surface area contributed by atoms with Crippen molar-refractivity contribution in [1.29, 1.82) is 0 Å². The summed E-state index contributed by atoms with van der Waals surface area (Å²) in [5, 5.41) is 0.574. The molecule has 0 N–H and O–H groups in total. The molecule has 0 saturated heterocycles. The van der Waals surface area contributed by atoms with Crippen LogP contribution in [0.3, 0.4) is 0 Å². The topological polar surface area (TPSA) is 12.9 Å². The van der Waals surface area contributed by atoms with Gasteiger partial charge in [-0.15, -0.1) is 0 Å². The monoisotopic (exact) mass is 447 g/mol. The van der Waals surface area contributed by atoms with E-state index in [0.717, 1.165) is 24.6 Å². The molecule has 0 fully saturated rings. The number of aromatic nitrogens is 1. The molecule has 0 aliphatic carbocycles. The molecule has 0 bridgehead atoms. The molecule has 4 rings (SSSR count). The maximum Gasteiger partial charge on any atom is 0.166 e. The fraction of sp³-hybridized carbons (Fsp3) is 0.179. The Hall–Kier alpha value is -3.65. The third-order valence-corrected chi connectivity index (χ3v) is 5.44. The number of benzene rings is 3. The van der Waals surface area contributed by atoms with Crippen molar-refractivity contribution in [1.82, 2.24) is 4.98 Å². The number of nitrogens with zero attached hydrogens (tertiary/aromatic N) is 1. The van der Waals surface area contributed by atoms with Gasteiger partial charge in [0.15, 0.2) is 11.6 Å². The first kappa shape index (κ1) is 22.5. The highest BCUT2D eigenvalue weighted by Gasteiger charge is 2.11. The fourth-order valence-corrected chi connectivity index (χ4v) is 3.68. The molecule has 0 amide bonds. The zero-order valence-corrected chi connectivity index (χ0v) is 18.1. The first-order chi connectivity index (χ1) is 15.9. The van der Waals surface area contributed by atoms with E-state index < -0.39 is 23.3 Å². The van der Waals surface area contributed by atoms with Crippen LogP contribution in [0.2, 0.25) is 0 Å². The van der Waals surface area contributed by atoms with E-state index in [0.29, 0.717) is 29.4 Å². The molecule has 4 aromatic rings. The van der Waals surface area contributed by atoms with Gasteiger partial charge in [0.1, 0.15) is 11.6 Å². The van der Waals surface area contributed by atoms with Crippen molar-refractivity contribution in [2.75, 3.05) is 0 Å². The van der Waals surface area contributed by atoms with Gasteiger partial charge in [-0.05, 0) is 72.2 Å². The minimum absolute atomic E-state index is 0.122. The van der Waals surface area contributed by atoms with E-state index in [1.165, 1.54) is 35.9 Å². The number of halogens is 4. The molecule has 0 unspecified atom stereocenters. The average Bonchev–Trinajstić information content (AvgIpc) is 2.81. The Morgan fingerprint density at radius 2 is 1.52 bits per heavy atom. The summed E-state index contributed by atoms with van der Waals surface area (Å²) in [6.45, 7) is 2.11. The molecule has 0 aliphatic rings. The lowest BCUT2D eigenvalue weighted by Gasteiger charge is -2.06. The first-order valence-corrected chi connectivity index (χ1v) is 10.8. The van der Waals surface area contributed by atoms with Crippen LogP contribution in [0.25, 0.3) is 10.8 Å². The summed E-state index contributed by atoms with van der Waals surface area (Å²) >= 11 is 0. The molecule has 33 heavy (non-hydrogen) atoms. The highest BCUT2D eigenvalue weighted by Crippen LogP contribution is 2.22. The number of rotatable bonds is 5. The van der Waals surface area contributed by atoms with Gasteiger partial charge in [-0.3, -0.25) is 4.98 Å². The van der Waals surface area contributed by atoms with E-state index >= 15 is 0 Å². The number of pyridine rings is 1. The van der Waals surface area contributed by atoms with Crippen LogP contribution in [0.4, 0.5) is 17.6 Å². The minimum atomic E-state index is -0.938. The maximum absolute atomic E-state index is 14.6. The summed E-state index contributed by atoms with van der Waals surface area (Å²) in [4.78, 5) is 4.42. The SMILES string of the molecule is CCCc1ccc(CCc2cc(F)c(C#Cc3ccc4c(F)c(F)ccc4c3)c(F)c2)nc1. The van der Waals surface area contributed by atoms with Gasteiger partial charge in [0.05, 0.1) is 5.56 Å². The van der Waals surface area contributed by atoms with Gasteiger partial charge in [-0.2, -0.15) is 0 Å². The molecule has 0 saturated carbocycles. The average molecular weight is 447 g/mol. The van der Waals surface area contributed by atoms with Crippen LogP contribution in [0.15, 0.2) is 60.8 Å².